The Bertz CT molecular complexity index is 468. The first-order valence-corrected chi connectivity index (χ1v) is 7.78. The molecule has 1 aliphatic rings. The Hall–Kier alpha value is -1.08. The highest BCUT2D eigenvalue weighted by atomic mass is 32.2. The number of hydrogen-bond donors (Lipinski definition) is 1. The van der Waals surface area contributed by atoms with Crippen LogP contribution < -0.4 is 14.8 Å². The number of rotatable bonds is 5. The second kappa shape index (κ2) is 7.26. The van der Waals surface area contributed by atoms with Gasteiger partial charge in [0.05, 0.1) is 13.2 Å². The Morgan fingerprint density at radius 3 is 2.67 bits per heavy atom. The normalized spacial score (nSPS) is 16.4. The van der Waals surface area contributed by atoms with Gasteiger partial charge in [0.25, 0.3) is 0 Å². The van der Waals surface area contributed by atoms with Gasteiger partial charge in [-0.05, 0) is 36.4 Å². The summed E-state index contributed by atoms with van der Waals surface area (Å²) in [6, 6.07) is 5.59. The number of benzene rings is 1. The minimum absolute atomic E-state index is 0.00160. The second-order valence-corrected chi connectivity index (χ2v) is 5.89. The van der Waals surface area contributed by atoms with Crippen molar-refractivity contribution in [2.45, 2.75) is 24.9 Å². The van der Waals surface area contributed by atoms with Crippen LogP contribution in [0, 0.1) is 0 Å². The molecular formula is C14H18F3NO2S. The molecule has 118 valence electrons. The van der Waals surface area contributed by atoms with Crippen molar-refractivity contribution in [1.82, 2.24) is 5.32 Å². The number of nitrogens with one attached hydrogen (secondary N) is 1. The van der Waals surface area contributed by atoms with Crippen LogP contribution in [0.1, 0.15) is 24.9 Å². The van der Waals surface area contributed by atoms with Crippen LogP contribution in [0.25, 0.3) is 0 Å². The molecule has 0 fully saturated rings. The summed E-state index contributed by atoms with van der Waals surface area (Å²) in [5.74, 6) is 1.41. The molecule has 0 aliphatic carbocycles. The summed E-state index contributed by atoms with van der Waals surface area (Å²) < 4.78 is 47.3. The largest absolute Gasteiger partial charge is 0.490 e. The van der Waals surface area contributed by atoms with Crippen molar-refractivity contribution in [1.29, 1.82) is 0 Å². The van der Waals surface area contributed by atoms with E-state index in [-0.39, 0.29) is 23.6 Å². The molecule has 1 N–H and O–H groups in total. The van der Waals surface area contributed by atoms with Crippen molar-refractivity contribution in [3.63, 3.8) is 0 Å². The zero-order chi connectivity index (χ0) is 15.3. The molecule has 3 nitrogen and oxygen atoms in total. The Kier molecular flexibility index (Phi) is 5.64. The molecule has 0 radical (unpaired) electrons. The molecule has 0 aromatic heterocycles. The molecule has 7 heteroatoms. The van der Waals surface area contributed by atoms with Crippen LogP contribution in [-0.4, -0.2) is 31.0 Å². The van der Waals surface area contributed by atoms with Crippen molar-refractivity contribution in [3.05, 3.63) is 23.8 Å². The van der Waals surface area contributed by atoms with E-state index >= 15 is 0 Å². The molecule has 0 spiro atoms. The van der Waals surface area contributed by atoms with Crippen LogP contribution >= 0.6 is 11.8 Å². The van der Waals surface area contributed by atoms with E-state index in [9.17, 15) is 13.2 Å². The first-order chi connectivity index (χ1) is 9.96. The Labute approximate surface area is 126 Å². The summed E-state index contributed by atoms with van der Waals surface area (Å²) in [5, 5.41) is 3.08. The van der Waals surface area contributed by atoms with Gasteiger partial charge in [-0.1, -0.05) is 6.07 Å². The summed E-state index contributed by atoms with van der Waals surface area (Å²) in [7, 11) is 0. The molecule has 0 saturated heterocycles. The first kappa shape index (κ1) is 16.3. The minimum Gasteiger partial charge on any atom is -0.490 e. The molecule has 1 atom stereocenters. The van der Waals surface area contributed by atoms with E-state index in [1.54, 1.807) is 0 Å². The van der Waals surface area contributed by atoms with Gasteiger partial charge in [-0.15, -0.1) is 0 Å². The smallest absolute Gasteiger partial charge is 0.441 e. The number of halogens is 3. The van der Waals surface area contributed by atoms with Gasteiger partial charge in [0.15, 0.2) is 11.5 Å². The average Bonchev–Trinajstić information content (AvgIpc) is 2.66. The minimum atomic E-state index is -4.17. The van der Waals surface area contributed by atoms with Crippen molar-refractivity contribution in [3.8, 4) is 11.5 Å². The molecule has 1 aromatic rings. The number of hydrogen-bond acceptors (Lipinski definition) is 4. The fraction of sp³-hybridized carbons (Fsp3) is 0.571. The number of fused-ring (bicyclic) bond motifs is 1. The van der Waals surface area contributed by atoms with Gasteiger partial charge in [-0.25, -0.2) is 0 Å². The topological polar surface area (TPSA) is 30.5 Å². The number of alkyl halides is 3. The maximum absolute atomic E-state index is 12.0. The lowest BCUT2D eigenvalue weighted by molar-refractivity contribution is -0.0327. The SMILES string of the molecule is CC(NCCSC(F)(F)F)c1ccc2c(c1)OCCCO2. The van der Waals surface area contributed by atoms with Crippen LogP contribution in [0.5, 0.6) is 11.5 Å². The molecule has 21 heavy (non-hydrogen) atoms. The van der Waals surface area contributed by atoms with E-state index in [0.717, 1.165) is 17.7 Å². The number of ether oxygens (including phenoxy) is 2. The van der Waals surface area contributed by atoms with Crippen molar-refractivity contribution in [2.75, 3.05) is 25.5 Å². The summed E-state index contributed by atoms with van der Waals surface area (Å²) in [6.45, 7) is 3.45. The molecule has 2 rings (SSSR count). The molecule has 1 aliphatic heterocycles. The first-order valence-electron chi connectivity index (χ1n) is 6.79. The maximum atomic E-state index is 12.0. The Balaban J connectivity index is 1.87. The summed E-state index contributed by atoms with van der Waals surface area (Å²) in [6.07, 6.45) is 0.840. The summed E-state index contributed by atoms with van der Waals surface area (Å²) in [4.78, 5) is 0. The fourth-order valence-electron chi connectivity index (χ4n) is 2.01. The third kappa shape index (κ3) is 5.32. The molecule has 0 amide bonds. The lowest BCUT2D eigenvalue weighted by Gasteiger charge is -2.16. The fourth-order valence-corrected chi connectivity index (χ4v) is 2.46. The van der Waals surface area contributed by atoms with Crippen molar-refractivity contribution in [2.24, 2.45) is 0 Å². The van der Waals surface area contributed by atoms with Gasteiger partial charge in [0.2, 0.25) is 0 Å². The summed E-state index contributed by atoms with van der Waals surface area (Å²) in [5.41, 5.74) is -3.20. The van der Waals surface area contributed by atoms with E-state index in [4.69, 9.17) is 9.47 Å². The van der Waals surface area contributed by atoms with Crippen LogP contribution in [0.15, 0.2) is 18.2 Å². The van der Waals surface area contributed by atoms with Gasteiger partial charge in [-0.2, -0.15) is 13.2 Å². The quantitative estimate of drug-likeness (QED) is 0.837. The highest BCUT2D eigenvalue weighted by Crippen LogP contribution is 2.32. The average molecular weight is 321 g/mol. The lowest BCUT2D eigenvalue weighted by atomic mass is 10.1. The molecule has 1 heterocycles. The molecule has 0 saturated carbocycles. The van der Waals surface area contributed by atoms with Crippen LogP contribution in [0.3, 0.4) is 0 Å². The standard InChI is InChI=1S/C14H18F3NO2S/c1-10(18-5-8-21-14(15,16)17)11-3-4-12-13(9-11)20-7-2-6-19-12/h3-4,9-10,18H,2,5-8H2,1H3. The van der Waals surface area contributed by atoms with Crippen LogP contribution in [-0.2, 0) is 0 Å². The predicted molar refractivity (Wildman–Crippen MR) is 77.0 cm³/mol. The van der Waals surface area contributed by atoms with Crippen LogP contribution in [0.2, 0.25) is 0 Å². The van der Waals surface area contributed by atoms with Gasteiger partial charge in [-0.3, -0.25) is 0 Å². The Morgan fingerprint density at radius 2 is 1.95 bits per heavy atom. The highest BCUT2D eigenvalue weighted by Gasteiger charge is 2.27. The second-order valence-electron chi connectivity index (χ2n) is 4.73. The summed E-state index contributed by atoms with van der Waals surface area (Å²) >= 11 is -0.0108. The van der Waals surface area contributed by atoms with E-state index in [1.807, 2.05) is 25.1 Å². The third-order valence-electron chi connectivity index (χ3n) is 3.09. The van der Waals surface area contributed by atoms with Crippen LogP contribution in [0.4, 0.5) is 13.2 Å². The van der Waals surface area contributed by atoms with E-state index in [1.165, 1.54) is 0 Å². The molecule has 0 bridgehead atoms. The third-order valence-corrected chi connectivity index (χ3v) is 3.83. The highest BCUT2D eigenvalue weighted by molar-refractivity contribution is 8.00. The van der Waals surface area contributed by atoms with E-state index < -0.39 is 5.51 Å². The number of thioether (sulfide) groups is 1. The van der Waals surface area contributed by atoms with Gasteiger partial charge in [0.1, 0.15) is 0 Å². The van der Waals surface area contributed by atoms with Gasteiger partial charge < -0.3 is 14.8 Å². The maximum Gasteiger partial charge on any atom is 0.441 e. The van der Waals surface area contributed by atoms with Gasteiger partial charge in [0, 0.05) is 24.8 Å². The van der Waals surface area contributed by atoms with E-state index in [0.29, 0.717) is 25.5 Å². The van der Waals surface area contributed by atoms with Gasteiger partial charge >= 0.3 is 5.51 Å². The van der Waals surface area contributed by atoms with Crippen molar-refractivity contribution < 1.29 is 22.6 Å². The monoisotopic (exact) mass is 321 g/mol. The van der Waals surface area contributed by atoms with E-state index in [2.05, 4.69) is 5.32 Å². The molecular weight excluding hydrogens is 303 g/mol. The zero-order valence-electron chi connectivity index (χ0n) is 11.7. The molecule has 1 unspecified atom stereocenters. The lowest BCUT2D eigenvalue weighted by Crippen LogP contribution is -2.22. The predicted octanol–water partition coefficient (Wildman–Crippen LogP) is 3.75. The molecule has 1 aromatic carbocycles. The Morgan fingerprint density at radius 1 is 1.24 bits per heavy atom. The van der Waals surface area contributed by atoms with Crippen molar-refractivity contribution >= 4 is 11.8 Å². The zero-order valence-corrected chi connectivity index (χ0v) is 12.5.